The summed E-state index contributed by atoms with van der Waals surface area (Å²) >= 11 is 0. The van der Waals surface area contributed by atoms with E-state index in [-0.39, 0.29) is 21.8 Å². The maximum absolute atomic E-state index is 14.1. The van der Waals surface area contributed by atoms with Crippen LogP contribution < -0.4 is 9.46 Å². The Hall–Kier alpha value is -2.52. The highest BCUT2D eigenvalue weighted by molar-refractivity contribution is 7.89. The summed E-state index contributed by atoms with van der Waals surface area (Å²) in [6.45, 7) is 0.717. The van der Waals surface area contributed by atoms with Crippen LogP contribution in [0.1, 0.15) is 18.9 Å². The zero-order valence-corrected chi connectivity index (χ0v) is 15.5. The lowest BCUT2D eigenvalue weighted by atomic mass is 9.98. The highest BCUT2D eigenvalue weighted by Gasteiger charge is 2.30. The monoisotopic (exact) mass is 399 g/mol. The SMILES string of the molecule is CCC(F)(F)c1ccc(OCC(=O)O)c(-c2ccc(S(=O)(=O)NC)cc2)c1. The van der Waals surface area contributed by atoms with Crippen LogP contribution in [0.3, 0.4) is 0 Å². The Balaban J connectivity index is 2.53. The van der Waals surface area contributed by atoms with Gasteiger partial charge in [0, 0.05) is 17.5 Å². The Morgan fingerprint density at radius 2 is 1.81 bits per heavy atom. The van der Waals surface area contributed by atoms with Crippen molar-refractivity contribution in [3.05, 3.63) is 48.0 Å². The Morgan fingerprint density at radius 1 is 1.19 bits per heavy atom. The van der Waals surface area contributed by atoms with Gasteiger partial charge in [0.1, 0.15) is 5.75 Å². The van der Waals surface area contributed by atoms with Crippen molar-refractivity contribution in [2.45, 2.75) is 24.2 Å². The molecule has 27 heavy (non-hydrogen) atoms. The number of benzene rings is 2. The fourth-order valence-corrected chi connectivity index (χ4v) is 3.11. The van der Waals surface area contributed by atoms with E-state index in [0.717, 1.165) is 0 Å². The van der Waals surface area contributed by atoms with E-state index in [1.807, 2.05) is 0 Å². The van der Waals surface area contributed by atoms with Crippen LogP contribution in [-0.4, -0.2) is 33.1 Å². The molecule has 0 atom stereocenters. The second kappa shape index (κ2) is 8.01. The molecule has 2 aromatic carbocycles. The minimum Gasteiger partial charge on any atom is -0.481 e. The zero-order valence-electron chi connectivity index (χ0n) is 14.7. The van der Waals surface area contributed by atoms with E-state index in [1.54, 1.807) is 0 Å². The number of halogens is 2. The maximum atomic E-state index is 14.1. The smallest absolute Gasteiger partial charge is 0.341 e. The van der Waals surface area contributed by atoms with Gasteiger partial charge in [0.25, 0.3) is 5.92 Å². The number of nitrogens with one attached hydrogen (secondary N) is 1. The highest BCUT2D eigenvalue weighted by atomic mass is 32.2. The van der Waals surface area contributed by atoms with Crippen LogP contribution in [0.5, 0.6) is 5.75 Å². The summed E-state index contributed by atoms with van der Waals surface area (Å²) < 4.78 is 59.2. The molecule has 0 aliphatic rings. The average molecular weight is 399 g/mol. The summed E-state index contributed by atoms with van der Waals surface area (Å²) in [7, 11) is -2.37. The van der Waals surface area contributed by atoms with Crippen LogP contribution in [0.2, 0.25) is 0 Å². The van der Waals surface area contributed by atoms with Crippen LogP contribution in [0.25, 0.3) is 11.1 Å². The van der Waals surface area contributed by atoms with Gasteiger partial charge in [-0.3, -0.25) is 0 Å². The summed E-state index contributed by atoms with van der Waals surface area (Å²) in [5.74, 6) is -4.16. The summed E-state index contributed by atoms with van der Waals surface area (Å²) in [6, 6.07) is 9.24. The third kappa shape index (κ3) is 4.81. The number of carboxylic acids is 1. The lowest BCUT2D eigenvalue weighted by Gasteiger charge is -2.18. The first-order valence-corrected chi connectivity index (χ1v) is 9.50. The van der Waals surface area contributed by atoms with Gasteiger partial charge in [-0.25, -0.2) is 26.7 Å². The van der Waals surface area contributed by atoms with Crippen LogP contribution in [0.15, 0.2) is 47.4 Å². The van der Waals surface area contributed by atoms with Gasteiger partial charge in [-0.2, -0.15) is 0 Å². The van der Waals surface area contributed by atoms with E-state index in [0.29, 0.717) is 5.56 Å². The average Bonchev–Trinajstić information content (AvgIpc) is 2.66. The number of alkyl halides is 2. The quantitative estimate of drug-likeness (QED) is 0.711. The lowest BCUT2D eigenvalue weighted by molar-refractivity contribution is -0.139. The number of rotatable bonds is 8. The van der Waals surface area contributed by atoms with Crippen LogP contribution in [-0.2, 0) is 20.7 Å². The molecule has 2 N–H and O–H groups in total. The maximum Gasteiger partial charge on any atom is 0.341 e. The first-order chi connectivity index (χ1) is 12.6. The number of aliphatic carboxylic acids is 1. The molecule has 2 aromatic rings. The van der Waals surface area contributed by atoms with Crippen molar-refractivity contribution < 1.29 is 31.8 Å². The molecule has 0 bridgehead atoms. The largest absolute Gasteiger partial charge is 0.481 e. The molecule has 0 unspecified atom stereocenters. The Labute approximate surface area is 155 Å². The normalized spacial score (nSPS) is 12.0. The van der Waals surface area contributed by atoms with E-state index < -0.39 is 34.9 Å². The van der Waals surface area contributed by atoms with Crippen molar-refractivity contribution in [2.75, 3.05) is 13.7 Å². The van der Waals surface area contributed by atoms with Crippen molar-refractivity contribution >= 4 is 16.0 Å². The van der Waals surface area contributed by atoms with E-state index >= 15 is 0 Å². The lowest BCUT2D eigenvalue weighted by Crippen LogP contribution is -2.18. The van der Waals surface area contributed by atoms with E-state index in [1.165, 1.54) is 56.4 Å². The summed E-state index contributed by atoms with van der Waals surface area (Å²) in [6.07, 6.45) is -0.402. The second-order valence-electron chi connectivity index (χ2n) is 5.68. The molecule has 0 fully saturated rings. The number of ether oxygens (including phenoxy) is 1. The fourth-order valence-electron chi connectivity index (χ4n) is 2.38. The Morgan fingerprint density at radius 3 is 2.33 bits per heavy atom. The van der Waals surface area contributed by atoms with Crippen molar-refractivity contribution in [3.63, 3.8) is 0 Å². The number of carboxylic acid groups (broad SMARTS) is 1. The van der Waals surface area contributed by atoms with Gasteiger partial charge < -0.3 is 9.84 Å². The Bertz CT molecular complexity index is 927. The van der Waals surface area contributed by atoms with Crippen molar-refractivity contribution in [1.82, 2.24) is 4.72 Å². The summed E-state index contributed by atoms with van der Waals surface area (Å²) in [5.41, 5.74) is 0.420. The molecule has 0 radical (unpaired) electrons. The van der Waals surface area contributed by atoms with Gasteiger partial charge in [-0.1, -0.05) is 19.1 Å². The third-order valence-electron chi connectivity index (χ3n) is 3.94. The highest BCUT2D eigenvalue weighted by Crippen LogP contribution is 2.38. The topological polar surface area (TPSA) is 92.7 Å². The van der Waals surface area contributed by atoms with Crippen LogP contribution >= 0.6 is 0 Å². The molecule has 9 heteroatoms. The molecular weight excluding hydrogens is 380 g/mol. The van der Waals surface area contributed by atoms with Gasteiger partial charge >= 0.3 is 5.97 Å². The van der Waals surface area contributed by atoms with Gasteiger partial charge in [-0.15, -0.1) is 0 Å². The molecule has 0 saturated carbocycles. The molecule has 0 saturated heterocycles. The minimum absolute atomic E-state index is 0.0109. The molecule has 0 spiro atoms. The molecule has 146 valence electrons. The molecule has 6 nitrogen and oxygen atoms in total. The predicted molar refractivity (Wildman–Crippen MR) is 95.4 cm³/mol. The molecular formula is C18H19F2NO5S. The minimum atomic E-state index is -3.64. The molecule has 0 amide bonds. The van der Waals surface area contributed by atoms with E-state index in [2.05, 4.69) is 4.72 Å². The predicted octanol–water partition coefficient (Wildman–Crippen LogP) is 3.23. The van der Waals surface area contributed by atoms with Crippen LogP contribution in [0.4, 0.5) is 8.78 Å². The Kier molecular flexibility index (Phi) is 6.17. The first kappa shape index (κ1) is 20.8. The van der Waals surface area contributed by atoms with Gasteiger partial charge in [0.2, 0.25) is 10.0 Å². The number of hydrogen-bond acceptors (Lipinski definition) is 4. The van der Waals surface area contributed by atoms with Crippen molar-refractivity contribution in [3.8, 4) is 16.9 Å². The third-order valence-corrected chi connectivity index (χ3v) is 5.37. The van der Waals surface area contributed by atoms with Crippen molar-refractivity contribution in [1.29, 1.82) is 0 Å². The second-order valence-corrected chi connectivity index (χ2v) is 7.57. The zero-order chi connectivity index (χ0) is 20.2. The number of hydrogen-bond donors (Lipinski definition) is 2. The molecule has 2 rings (SSSR count). The number of sulfonamides is 1. The fraction of sp³-hybridized carbons (Fsp3) is 0.278. The molecule has 0 aliphatic heterocycles. The molecule has 0 aliphatic carbocycles. The first-order valence-electron chi connectivity index (χ1n) is 8.01. The van der Waals surface area contributed by atoms with Gasteiger partial charge in [0.05, 0.1) is 4.90 Å². The van der Waals surface area contributed by atoms with E-state index in [9.17, 15) is 22.0 Å². The molecule has 0 aromatic heterocycles. The molecule has 0 heterocycles. The standard InChI is InChI=1S/C18H19F2NO5S/c1-3-18(19,20)13-6-9-16(26-11-17(22)23)15(10-13)12-4-7-14(8-5-12)27(24,25)21-2/h4-10,21H,3,11H2,1-2H3,(H,22,23). The van der Waals surface area contributed by atoms with Crippen molar-refractivity contribution in [2.24, 2.45) is 0 Å². The van der Waals surface area contributed by atoms with E-state index in [4.69, 9.17) is 9.84 Å². The van der Waals surface area contributed by atoms with Gasteiger partial charge in [-0.05, 0) is 42.9 Å². The van der Waals surface area contributed by atoms with Gasteiger partial charge in [0.15, 0.2) is 6.61 Å². The number of carbonyl (C=O) groups is 1. The van der Waals surface area contributed by atoms with Crippen LogP contribution in [0, 0.1) is 0 Å². The summed E-state index contributed by atoms with van der Waals surface area (Å²) in [4.78, 5) is 10.8. The summed E-state index contributed by atoms with van der Waals surface area (Å²) in [5, 5.41) is 8.79.